The van der Waals surface area contributed by atoms with E-state index in [-0.39, 0.29) is 6.42 Å². The standard InChI is InChI=1S/C12H21N3O4/c1-12(2)4-3-5-15(9(12)11(18)19)10(17)7(13)6-8(14)16/h7,9H,3-6,13H2,1-2H3,(H2,14,16)(H,18,19). The van der Waals surface area contributed by atoms with Crippen LogP contribution in [0.2, 0.25) is 0 Å². The Bertz CT molecular complexity index is 394. The summed E-state index contributed by atoms with van der Waals surface area (Å²) in [4.78, 5) is 35.6. The van der Waals surface area contributed by atoms with E-state index in [1.165, 1.54) is 4.90 Å². The van der Waals surface area contributed by atoms with Gasteiger partial charge in [0.25, 0.3) is 0 Å². The second-order valence-electron chi connectivity index (χ2n) is 5.64. The van der Waals surface area contributed by atoms with Gasteiger partial charge in [-0.15, -0.1) is 0 Å². The topological polar surface area (TPSA) is 127 Å². The fourth-order valence-corrected chi connectivity index (χ4v) is 2.61. The fraction of sp³-hybridized carbons (Fsp3) is 0.750. The molecule has 0 saturated carbocycles. The highest BCUT2D eigenvalue weighted by Crippen LogP contribution is 2.35. The number of primary amides is 1. The Hall–Kier alpha value is -1.63. The lowest BCUT2D eigenvalue weighted by atomic mass is 9.76. The third-order valence-electron chi connectivity index (χ3n) is 3.53. The number of nitrogens with two attached hydrogens (primary N) is 2. The van der Waals surface area contributed by atoms with Crippen LogP contribution in [0.15, 0.2) is 0 Å². The number of hydrogen-bond donors (Lipinski definition) is 3. The number of nitrogens with zero attached hydrogens (tertiary/aromatic N) is 1. The van der Waals surface area contributed by atoms with Crippen molar-refractivity contribution in [1.29, 1.82) is 0 Å². The molecule has 108 valence electrons. The molecule has 7 heteroatoms. The van der Waals surface area contributed by atoms with E-state index < -0.39 is 35.3 Å². The fourth-order valence-electron chi connectivity index (χ4n) is 2.61. The molecule has 2 atom stereocenters. The Morgan fingerprint density at radius 2 is 2.00 bits per heavy atom. The van der Waals surface area contributed by atoms with Crippen molar-refractivity contribution in [3.05, 3.63) is 0 Å². The number of rotatable bonds is 4. The molecule has 0 aromatic rings. The minimum absolute atomic E-state index is 0.276. The quantitative estimate of drug-likeness (QED) is 0.622. The predicted octanol–water partition coefficient (Wildman–Crippen LogP) is -0.709. The number of carbonyl (C=O) groups is 3. The van der Waals surface area contributed by atoms with E-state index in [4.69, 9.17) is 11.5 Å². The van der Waals surface area contributed by atoms with Crippen molar-refractivity contribution in [3.63, 3.8) is 0 Å². The molecule has 0 aliphatic carbocycles. The number of aliphatic carboxylic acids is 1. The van der Waals surface area contributed by atoms with Gasteiger partial charge in [0, 0.05) is 6.54 Å². The molecule has 1 aliphatic heterocycles. The Morgan fingerprint density at radius 1 is 1.42 bits per heavy atom. The van der Waals surface area contributed by atoms with Gasteiger partial charge in [-0.3, -0.25) is 9.59 Å². The number of carboxylic acids is 1. The van der Waals surface area contributed by atoms with Gasteiger partial charge in [-0.05, 0) is 18.3 Å². The number of piperidine rings is 1. The molecule has 2 amide bonds. The van der Waals surface area contributed by atoms with E-state index in [0.29, 0.717) is 13.0 Å². The predicted molar refractivity (Wildman–Crippen MR) is 67.9 cm³/mol. The van der Waals surface area contributed by atoms with Crippen LogP contribution in [0.3, 0.4) is 0 Å². The molecule has 1 fully saturated rings. The third-order valence-corrected chi connectivity index (χ3v) is 3.53. The van der Waals surface area contributed by atoms with E-state index in [2.05, 4.69) is 0 Å². The van der Waals surface area contributed by atoms with Crippen LogP contribution in [-0.4, -0.2) is 46.4 Å². The molecular weight excluding hydrogens is 250 g/mol. The van der Waals surface area contributed by atoms with Gasteiger partial charge >= 0.3 is 5.97 Å². The zero-order valence-electron chi connectivity index (χ0n) is 11.3. The Labute approximate surface area is 111 Å². The van der Waals surface area contributed by atoms with Crippen molar-refractivity contribution in [2.75, 3.05) is 6.54 Å². The molecular formula is C12H21N3O4. The molecule has 0 radical (unpaired) electrons. The second-order valence-corrected chi connectivity index (χ2v) is 5.64. The highest BCUT2D eigenvalue weighted by Gasteiger charge is 2.45. The maximum Gasteiger partial charge on any atom is 0.326 e. The van der Waals surface area contributed by atoms with Gasteiger partial charge in [-0.25, -0.2) is 4.79 Å². The smallest absolute Gasteiger partial charge is 0.326 e. The van der Waals surface area contributed by atoms with Crippen LogP contribution in [0.1, 0.15) is 33.1 Å². The van der Waals surface area contributed by atoms with Crippen molar-refractivity contribution < 1.29 is 19.5 Å². The van der Waals surface area contributed by atoms with Crippen molar-refractivity contribution in [2.24, 2.45) is 16.9 Å². The monoisotopic (exact) mass is 271 g/mol. The zero-order chi connectivity index (χ0) is 14.8. The average molecular weight is 271 g/mol. The summed E-state index contributed by atoms with van der Waals surface area (Å²) >= 11 is 0. The van der Waals surface area contributed by atoms with Crippen LogP contribution < -0.4 is 11.5 Å². The summed E-state index contributed by atoms with van der Waals surface area (Å²) in [6, 6.07) is -2.00. The first-order valence-corrected chi connectivity index (χ1v) is 6.24. The van der Waals surface area contributed by atoms with Crippen molar-refractivity contribution >= 4 is 17.8 Å². The average Bonchev–Trinajstić information content (AvgIpc) is 2.24. The second kappa shape index (κ2) is 5.56. The Morgan fingerprint density at radius 3 is 2.47 bits per heavy atom. The van der Waals surface area contributed by atoms with Gasteiger partial charge in [0.15, 0.2) is 0 Å². The molecule has 5 N–H and O–H groups in total. The first-order valence-electron chi connectivity index (χ1n) is 6.24. The maximum absolute atomic E-state index is 12.2. The summed E-state index contributed by atoms with van der Waals surface area (Å²) < 4.78 is 0. The van der Waals surface area contributed by atoms with E-state index in [9.17, 15) is 19.5 Å². The maximum atomic E-state index is 12.2. The Balaban J connectivity index is 2.93. The van der Waals surface area contributed by atoms with E-state index in [1.54, 1.807) is 0 Å². The van der Waals surface area contributed by atoms with Gasteiger partial charge in [0.2, 0.25) is 11.8 Å². The molecule has 7 nitrogen and oxygen atoms in total. The number of amides is 2. The highest BCUT2D eigenvalue weighted by molar-refractivity contribution is 5.90. The minimum Gasteiger partial charge on any atom is -0.480 e. The van der Waals surface area contributed by atoms with Crippen LogP contribution >= 0.6 is 0 Å². The van der Waals surface area contributed by atoms with E-state index in [1.807, 2.05) is 13.8 Å². The summed E-state index contributed by atoms with van der Waals surface area (Å²) in [5.74, 6) is -2.26. The largest absolute Gasteiger partial charge is 0.480 e. The molecule has 1 rings (SSSR count). The van der Waals surface area contributed by atoms with Crippen LogP contribution in [-0.2, 0) is 14.4 Å². The van der Waals surface area contributed by atoms with Crippen LogP contribution in [0.25, 0.3) is 0 Å². The molecule has 0 aromatic carbocycles. The summed E-state index contributed by atoms with van der Waals surface area (Å²) in [5.41, 5.74) is 10.1. The number of hydrogen-bond acceptors (Lipinski definition) is 4. The first-order chi connectivity index (χ1) is 8.66. The summed E-state index contributed by atoms with van der Waals surface area (Å²) in [6.07, 6.45) is 1.16. The summed E-state index contributed by atoms with van der Waals surface area (Å²) in [7, 11) is 0. The first kappa shape index (κ1) is 15.4. The van der Waals surface area contributed by atoms with E-state index in [0.717, 1.165) is 6.42 Å². The SMILES string of the molecule is CC1(C)CCCN(C(=O)C(N)CC(N)=O)C1C(=O)O. The molecule has 19 heavy (non-hydrogen) atoms. The number of carbonyl (C=O) groups excluding carboxylic acids is 2. The Kier molecular flexibility index (Phi) is 4.52. The normalized spacial score (nSPS) is 23.7. The van der Waals surface area contributed by atoms with Gasteiger partial charge in [0.1, 0.15) is 6.04 Å². The molecule has 1 saturated heterocycles. The zero-order valence-corrected chi connectivity index (χ0v) is 11.3. The molecule has 1 heterocycles. The summed E-state index contributed by atoms with van der Waals surface area (Å²) in [6.45, 7) is 3.96. The summed E-state index contributed by atoms with van der Waals surface area (Å²) in [5, 5.41) is 9.33. The third kappa shape index (κ3) is 3.44. The number of carboxylic acid groups (broad SMARTS) is 1. The van der Waals surface area contributed by atoms with E-state index >= 15 is 0 Å². The highest BCUT2D eigenvalue weighted by atomic mass is 16.4. The van der Waals surface area contributed by atoms with Crippen molar-refractivity contribution in [2.45, 2.75) is 45.2 Å². The van der Waals surface area contributed by atoms with Gasteiger partial charge in [0.05, 0.1) is 12.5 Å². The molecule has 2 unspecified atom stereocenters. The lowest BCUT2D eigenvalue weighted by molar-refractivity contribution is -0.159. The van der Waals surface area contributed by atoms with Crippen molar-refractivity contribution in [3.8, 4) is 0 Å². The van der Waals surface area contributed by atoms with Gasteiger partial charge < -0.3 is 21.5 Å². The molecule has 1 aliphatic rings. The molecule has 0 bridgehead atoms. The van der Waals surface area contributed by atoms with Crippen LogP contribution in [0.5, 0.6) is 0 Å². The lowest BCUT2D eigenvalue weighted by Crippen LogP contribution is -2.59. The number of likely N-dealkylation sites (tertiary alicyclic amines) is 1. The van der Waals surface area contributed by atoms with Crippen LogP contribution in [0.4, 0.5) is 0 Å². The van der Waals surface area contributed by atoms with Gasteiger partial charge in [-0.1, -0.05) is 13.8 Å². The van der Waals surface area contributed by atoms with Crippen molar-refractivity contribution in [1.82, 2.24) is 4.90 Å². The minimum atomic E-state index is -1.08. The lowest BCUT2D eigenvalue weighted by Gasteiger charge is -2.44. The van der Waals surface area contributed by atoms with Gasteiger partial charge in [-0.2, -0.15) is 0 Å². The van der Waals surface area contributed by atoms with Crippen LogP contribution in [0, 0.1) is 5.41 Å². The molecule has 0 spiro atoms. The molecule has 0 aromatic heterocycles.